The highest BCUT2D eigenvalue weighted by Gasteiger charge is 2.16. The highest BCUT2D eigenvalue weighted by atomic mass is 16.2. The zero-order valence-electron chi connectivity index (χ0n) is 16.3. The molecule has 0 aliphatic carbocycles. The third-order valence-electron chi connectivity index (χ3n) is 4.23. The molecule has 0 atom stereocenters. The largest absolute Gasteiger partial charge is 0.336 e. The van der Waals surface area contributed by atoms with Crippen LogP contribution in [-0.2, 0) is 0 Å². The van der Waals surface area contributed by atoms with E-state index in [2.05, 4.69) is 16.0 Å². The molecule has 0 saturated heterocycles. The molecular formula is C23H24N4O2. The van der Waals surface area contributed by atoms with E-state index < -0.39 is 0 Å². The molecule has 3 rings (SSSR count). The van der Waals surface area contributed by atoms with Crippen LogP contribution in [0.2, 0.25) is 0 Å². The van der Waals surface area contributed by atoms with Gasteiger partial charge >= 0.3 is 12.1 Å². The number of para-hydroxylation sites is 2. The average molecular weight is 388 g/mol. The van der Waals surface area contributed by atoms with Crippen LogP contribution in [0.5, 0.6) is 0 Å². The third kappa shape index (κ3) is 6.10. The molecule has 3 N–H and O–H groups in total. The molecular weight excluding hydrogens is 364 g/mol. The molecule has 0 aliphatic rings. The van der Waals surface area contributed by atoms with Crippen LogP contribution in [-0.4, -0.2) is 25.2 Å². The Kier molecular flexibility index (Phi) is 6.84. The summed E-state index contributed by atoms with van der Waals surface area (Å²) in [5.74, 6) is 0. The summed E-state index contributed by atoms with van der Waals surface area (Å²) in [5.41, 5.74) is 3.25. The van der Waals surface area contributed by atoms with Gasteiger partial charge in [0.05, 0.1) is 0 Å². The molecule has 0 bridgehead atoms. The number of hydrogen-bond donors (Lipinski definition) is 3. The summed E-state index contributed by atoms with van der Waals surface area (Å²) in [6.45, 7) is 2.60. The van der Waals surface area contributed by atoms with E-state index in [4.69, 9.17) is 0 Å². The van der Waals surface area contributed by atoms with E-state index in [1.807, 2.05) is 91.9 Å². The number of carbonyl (C=O) groups is 2. The average Bonchev–Trinajstić information content (AvgIpc) is 2.72. The first-order valence-corrected chi connectivity index (χ1v) is 9.42. The second-order valence-corrected chi connectivity index (χ2v) is 6.53. The lowest BCUT2D eigenvalue weighted by atomic mass is 10.2. The number of aryl methyl sites for hydroxylation is 1. The molecule has 0 spiro atoms. The smallest absolute Gasteiger partial charge is 0.326 e. The maximum atomic E-state index is 12.9. The number of amides is 4. The molecule has 3 aromatic carbocycles. The Bertz CT molecular complexity index is 945. The van der Waals surface area contributed by atoms with Crippen molar-refractivity contribution in [3.05, 3.63) is 90.5 Å². The van der Waals surface area contributed by atoms with E-state index in [9.17, 15) is 9.59 Å². The maximum absolute atomic E-state index is 12.9. The highest BCUT2D eigenvalue weighted by molar-refractivity contribution is 6.01. The van der Waals surface area contributed by atoms with Crippen LogP contribution in [0.4, 0.5) is 26.7 Å². The minimum absolute atomic E-state index is 0.257. The molecule has 0 aromatic heterocycles. The number of nitrogens with zero attached hydrogens (tertiary/aromatic N) is 1. The van der Waals surface area contributed by atoms with Crippen LogP contribution in [0.1, 0.15) is 5.56 Å². The fourth-order valence-electron chi connectivity index (χ4n) is 2.85. The first-order valence-electron chi connectivity index (χ1n) is 9.42. The molecule has 3 aromatic rings. The van der Waals surface area contributed by atoms with E-state index in [0.717, 1.165) is 16.9 Å². The third-order valence-corrected chi connectivity index (χ3v) is 4.23. The number of carbonyl (C=O) groups excluding carboxylic acids is 2. The standard InChI is InChI=1S/C23H24N4O2/c1-18-9-8-12-20(17-18)26-23(29)27(21-13-6-3-7-14-21)16-15-24-22(28)25-19-10-4-2-5-11-19/h2-14,17H,15-16H2,1H3,(H,26,29)(H2,24,25,28). The van der Waals surface area contributed by atoms with Gasteiger partial charge in [0.15, 0.2) is 0 Å². The van der Waals surface area contributed by atoms with E-state index in [1.54, 1.807) is 4.90 Å². The van der Waals surface area contributed by atoms with Crippen molar-refractivity contribution in [3.8, 4) is 0 Å². The Labute approximate surface area is 170 Å². The summed E-state index contributed by atoms with van der Waals surface area (Å²) in [5, 5.41) is 8.47. The highest BCUT2D eigenvalue weighted by Crippen LogP contribution is 2.16. The number of nitrogens with one attached hydrogen (secondary N) is 3. The summed E-state index contributed by atoms with van der Waals surface area (Å²) in [6, 6.07) is 25.6. The van der Waals surface area contributed by atoms with Gasteiger partial charge in [-0.15, -0.1) is 0 Å². The molecule has 0 heterocycles. The summed E-state index contributed by atoms with van der Waals surface area (Å²) < 4.78 is 0. The van der Waals surface area contributed by atoms with E-state index in [0.29, 0.717) is 18.8 Å². The molecule has 148 valence electrons. The molecule has 0 saturated carbocycles. The lowest BCUT2D eigenvalue weighted by molar-refractivity contribution is 0.250. The number of urea groups is 2. The topological polar surface area (TPSA) is 73.5 Å². The fourth-order valence-corrected chi connectivity index (χ4v) is 2.85. The van der Waals surface area contributed by atoms with Crippen LogP contribution in [0.3, 0.4) is 0 Å². The Hall–Kier alpha value is -3.80. The van der Waals surface area contributed by atoms with Gasteiger partial charge < -0.3 is 16.0 Å². The zero-order valence-corrected chi connectivity index (χ0v) is 16.3. The number of hydrogen-bond acceptors (Lipinski definition) is 2. The van der Waals surface area contributed by atoms with Gasteiger partial charge in [0.25, 0.3) is 0 Å². The van der Waals surface area contributed by atoms with Crippen molar-refractivity contribution >= 4 is 29.1 Å². The molecule has 6 nitrogen and oxygen atoms in total. The second-order valence-electron chi connectivity index (χ2n) is 6.53. The van der Waals surface area contributed by atoms with E-state index >= 15 is 0 Å². The van der Waals surface area contributed by atoms with Gasteiger partial charge in [-0.2, -0.15) is 0 Å². The van der Waals surface area contributed by atoms with Crippen molar-refractivity contribution in [1.82, 2.24) is 5.32 Å². The SMILES string of the molecule is Cc1cccc(NC(=O)N(CCNC(=O)Nc2ccccc2)c2ccccc2)c1. The van der Waals surface area contributed by atoms with Crippen molar-refractivity contribution in [2.75, 3.05) is 28.6 Å². The first-order chi connectivity index (χ1) is 14.1. The first kappa shape index (κ1) is 19.9. The van der Waals surface area contributed by atoms with Gasteiger partial charge in [-0.3, -0.25) is 4.90 Å². The summed E-state index contributed by atoms with van der Waals surface area (Å²) >= 11 is 0. The Morgan fingerprint density at radius 2 is 1.45 bits per heavy atom. The molecule has 0 aliphatic heterocycles. The number of anilines is 3. The predicted octanol–water partition coefficient (Wildman–Crippen LogP) is 4.86. The molecule has 0 radical (unpaired) electrons. The van der Waals surface area contributed by atoms with Crippen molar-refractivity contribution in [1.29, 1.82) is 0 Å². The van der Waals surface area contributed by atoms with Crippen LogP contribution in [0.15, 0.2) is 84.9 Å². The van der Waals surface area contributed by atoms with Crippen molar-refractivity contribution in [2.45, 2.75) is 6.92 Å². The quantitative estimate of drug-likeness (QED) is 0.564. The molecule has 29 heavy (non-hydrogen) atoms. The lowest BCUT2D eigenvalue weighted by Crippen LogP contribution is -2.42. The summed E-state index contributed by atoms with van der Waals surface area (Å²) in [6.07, 6.45) is 0. The number of rotatable bonds is 6. The predicted molar refractivity (Wildman–Crippen MR) is 117 cm³/mol. The van der Waals surface area contributed by atoms with Crippen LogP contribution in [0, 0.1) is 6.92 Å². The molecule has 4 amide bonds. The fraction of sp³-hybridized carbons (Fsp3) is 0.130. The summed E-state index contributed by atoms with van der Waals surface area (Å²) in [4.78, 5) is 26.6. The Morgan fingerprint density at radius 1 is 0.793 bits per heavy atom. The maximum Gasteiger partial charge on any atom is 0.326 e. The van der Waals surface area contributed by atoms with Crippen LogP contribution in [0.25, 0.3) is 0 Å². The van der Waals surface area contributed by atoms with Crippen LogP contribution < -0.4 is 20.9 Å². The molecule has 0 unspecified atom stereocenters. The van der Waals surface area contributed by atoms with Gasteiger partial charge in [-0.1, -0.05) is 48.5 Å². The van der Waals surface area contributed by atoms with Crippen molar-refractivity contribution < 1.29 is 9.59 Å². The normalized spacial score (nSPS) is 10.1. The van der Waals surface area contributed by atoms with Gasteiger partial charge in [0, 0.05) is 30.2 Å². The van der Waals surface area contributed by atoms with Gasteiger partial charge in [0.1, 0.15) is 0 Å². The van der Waals surface area contributed by atoms with Gasteiger partial charge in [0.2, 0.25) is 0 Å². The Balaban J connectivity index is 1.61. The van der Waals surface area contributed by atoms with E-state index in [-0.39, 0.29) is 12.1 Å². The van der Waals surface area contributed by atoms with Gasteiger partial charge in [-0.05, 0) is 48.9 Å². The van der Waals surface area contributed by atoms with E-state index in [1.165, 1.54) is 0 Å². The van der Waals surface area contributed by atoms with Crippen LogP contribution >= 0.6 is 0 Å². The lowest BCUT2D eigenvalue weighted by Gasteiger charge is -2.23. The zero-order chi connectivity index (χ0) is 20.5. The van der Waals surface area contributed by atoms with Crippen molar-refractivity contribution in [2.24, 2.45) is 0 Å². The minimum atomic E-state index is -0.316. The minimum Gasteiger partial charge on any atom is -0.336 e. The molecule has 6 heteroatoms. The Morgan fingerprint density at radius 3 is 2.14 bits per heavy atom. The van der Waals surface area contributed by atoms with Crippen molar-refractivity contribution in [3.63, 3.8) is 0 Å². The monoisotopic (exact) mass is 388 g/mol. The van der Waals surface area contributed by atoms with Gasteiger partial charge in [-0.25, -0.2) is 9.59 Å². The summed E-state index contributed by atoms with van der Waals surface area (Å²) in [7, 11) is 0. The molecule has 0 fully saturated rings. The number of benzene rings is 3. The second kappa shape index (κ2) is 9.94.